The Kier molecular flexibility index (Phi) is 6.84. The molecule has 1 atom stereocenters. The van der Waals surface area contributed by atoms with Crippen molar-refractivity contribution in [2.75, 3.05) is 11.1 Å². The standard InChI is InChI=1S/C15H24N2O3S/c1-3-12(2)21(19,20)10-6-9-15(18)17-14-8-5-4-7-13(14)11-16/h4-5,7-8,12H,3,6,9-11,16H2,1-2H3,(H,17,18). The van der Waals surface area contributed by atoms with Gasteiger partial charge < -0.3 is 11.1 Å². The minimum atomic E-state index is -3.09. The van der Waals surface area contributed by atoms with Crippen molar-refractivity contribution in [3.05, 3.63) is 29.8 Å². The van der Waals surface area contributed by atoms with Gasteiger partial charge in [-0.15, -0.1) is 0 Å². The van der Waals surface area contributed by atoms with Crippen LogP contribution < -0.4 is 11.1 Å². The number of rotatable bonds is 8. The highest BCUT2D eigenvalue weighted by Gasteiger charge is 2.19. The number of anilines is 1. The van der Waals surface area contributed by atoms with Crippen LogP contribution in [0.2, 0.25) is 0 Å². The first-order valence-electron chi connectivity index (χ1n) is 7.20. The van der Waals surface area contributed by atoms with Crippen molar-refractivity contribution in [1.82, 2.24) is 0 Å². The van der Waals surface area contributed by atoms with E-state index in [0.717, 1.165) is 5.56 Å². The molecule has 0 aliphatic carbocycles. The van der Waals surface area contributed by atoms with Gasteiger partial charge in [0.2, 0.25) is 5.91 Å². The fourth-order valence-electron chi connectivity index (χ4n) is 1.92. The normalized spacial score (nSPS) is 12.9. The molecule has 0 radical (unpaired) electrons. The second kappa shape index (κ2) is 8.14. The summed E-state index contributed by atoms with van der Waals surface area (Å²) in [4.78, 5) is 11.9. The Morgan fingerprint density at radius 2 is 2.00 bits per heavy atom. The molecule has 21 heavy (non-hydrogen) atoms. The van der Waals surface area contributed by atoms with E-state index in [1.165, 1.54) is 0 Å². The number of hydrogen-bond acceptors (Lipinski definition) is 4. The van der Waals surface area contributed by atoms with Crippen molar-refractivity contribution in [3.63, 3.8) is 0 Å². The van der Waals surface area contributed by atoms with Crippen LogP contribution in [0, 0.1) is 0 Å². The lowest BCUT2D eigenvalue weighted by molar-refractivity contribution is -0.116. The van der Waals surface area contributed by atoms with Gasteiger partial charge in [0.15, 0.2) is 9.84 Å². The molecule has 0 bridgehead atoms. The maximum absolute atomic E-state index is 11.9. The Hall–Kier alpha value is -1.40. The molecule has 1 amide bonds. The topological polar surface area (TPSA) is 89.3 Å². The third-order valence-electron chi connectivity index (χ3n) is 3.53. The van der Waals surface area contributed by atoms with Crippen molar-refractivity contribution in [2.45, 2.75) is 44.9 Å². The fraction of sp³-hybridized carbons (Fsp3) is 0.533. The molecule has 0 aliphatic heterocycles. The average molecular weight is 312 g/mol. The van der Waals surface area contributed by atoms with Crippen LogP contribution in [0.4, 0.5) is 5.69 Å². The number of hydrogen-bond donors (Lipinski definition) is 2. The predicted molar refractivity (Wildman–Crippen MR) is 85.7 cm³/mol. The molecule has 1 unspecified atom stereocenters. The van der Waals surface area contributed by atoms with E-state index >= 15 is 0 Å². The highest BCUT2D eigenvalue weighted by molar-refractivity contribution is 7.91. The van der Waals surface area contributed by atoms with Gasteiger partial charge in [-0.1, -0.05) is 25.1 Å². The highest BCUT2D eigenvalue weighted by atomic mass is 32.2. The number of nitrogens with one attached hydrogen (secondary N) is 1. The maximum Gasteiger partial charge on any atom is 0.224 e. The molecule has 5 nitrogen and oxygen atoms in total. The Morgan fingerprint density at radius 1 is 1.33 bits per heavy atom. The minimum absolute atomic E-state index is 0.0496. The number of para-hydroxylation sites is 1. The van der Waals surface area contributed by atoms with Gasteiger partial charge in [-0.3, -0.25) is 4.79 Å². The van der Waals surface area contributed by atoms with Gasteiger partial charge in [0.05, 0.1) is 11.0 Å². The molecule has 0 fully saturated rings. The summed E-state index contributed by atoms with van der Waals surface area (Å²) in [7, 11) is -3.09. The quantitative estimate of drug-likeness (QED) is 0.769. The molecule has 1 aromatic rings. The SMILES string of the molecule is CCC(C)S(=O)(=O)CCCC(=O)Nc1ccccc1CN. The third-order valence-corrected chi connectivity index (χ3v) is 5.95. The van der Waals surface area contributed by atoms with E-state index < -0.39 is 9.84 Å². The van der Waals surface area contributed by atoms with Gasteiger partial charge in [0, 0.05) is 18.7 Å². The zero-order valence-corrected chi connectivity index (χ0v) is 13.4. The lowest BCUT2D eigenvalue weighted by Gasteiger charge is -2.11. The van der Waals surface area contributed by atoms with Gasteiger partial charge >= 0.3 is 0 Å². The smallest absolute Gasteiger partial charge is 0.224 e. The Morgan fingerprint density at radius 3 is 2.62 bits per heavy atom. The summed E-state index contributed by atoms with van der Waals surface area (Å²) in [6, 6.07) is 7.32. The summed E-state index contributed by atoms with van der Waals surface area (Å²) in [5, 5.41) is 2.43. The summed E-state index contributed by atoms with van der Waals surface area (Å²) in [5.74, 6) is -0.135. The molecule has 0 saturated heterocycles. The third kappa shape index (κ3) is 5.47. The number of carbonyl (C=O) groups excluding carboxylic acids is 1. The molecule has 0 aliphatic rings. The van der Waals surface area contributed by atoms with Gasteiger partial charge in [-0.25, -0.2) is 8.42 Å². The summed E-state index contributed by atoms with van der Waals surface area (Å²) in [6.07, 6.45) is 1.12. The second-order valence-electron chi connectivity index (χ2n) is 5.10. The highest BCUT2D eigenvalue weighted by Crippen LogP contribution is 2.15. The van der Waals surface area contributed by atoms with E-state index in [4.69, 9.17) is 5.73 Å². The van der Waals surface area contributed by atoms with Crippen LogP contribution in [0.3, 0.4) is 0 Å². The number of sulfone groups is 1. The van der Waals surface area contributed by atoms with Crippen LogP contribution in [0.15, 0.2) is 24.3 Å². The summed E-state index contributed by atoms with van der Waals surface area (Å²) in [5.41, 5.74) is 7.15. The van der Waals surface area contributed by atoms with E-state index in [1.807, 2.05) is 25.1 Å². The maximum atomic E-state index is 11.9. The molecular formula is C15H24N2O3S. The van der Waals surface area contributed by atoms with Crippen LogP contribution in [0.25, 0.3) is 0 Å². The minimum Gasteiger partial charge on any atom is -0.326 e. The van der Waals surface area contributed by atoms with Gasteiger partial charge in [-0.2, -0.15) is 0 Å². The Bertz CT molecular complexity index is 570. The van der Waals surface area contributed by atoms with Crippen LogP contribution in [0.5, 0.6) is 0 Å². The molecule has 1 aromatic carbocycles. The molecule has 3 N–H and O–H groups in total. The van der Waals surface area contributed by atoms with Crippen LogP contribution in [-0.4, -0.2) is 25.3 Å². The van der Waals surface area contributed by atoms with E-state index in [1.54, 1.807) is 13.0 Å². The summed E-state index contributed by atoms with van der Waals surface area (Å²) < 4.78 is 23.7. The molecule has 0 heterocycles. The van der Waals surface area contributed by atoms with Gasteiger partial charge in [0.25, 0.3) is 0 Å². The van der Waals surface area contributed by atoms with Crippen molar-refractivity contribution in [1.29, 1.82) is 0 Å². The van der Waals surface area contributed by atoms with Crippen LogP contribution in [0.1, 0.15) is 38.7 Å². The largest absolute Gasteiger partial charge is 0.326 e. The van der Waals surface area contributed by atoms with E-state index in [-0.39, 0.29) is 23.3 Å². The van der Waals surface area contributed by atoms with Crippen LogP contribution >= 0.6 is 0 Å². The Labute approximate surface area is 126 Å². The average Bonchev–Trinajstić information content (AvgIpc) is 2.46. The lowest BCUT2D eigenvalue weighted by atomic mass is 10.1. The zero-order valence-electron chi connectivity index (χ0n) is 12.6. The summed E-state index contributed by atoms with van der Waals surface area (Å²) >= 11 is 0. The molecule has 0 aromatic heterocycles. The predicted octanol–water partition coefficient (Wildman–Crippen LogP) is 2.08. The lowest BCUT2D eigenvalue weighted by Crippen LogP contribution is -2.21. The molecule has 1 rings (SSSR count). The van der Waals surface area contributed by atoms with Crippen molar-refractivity contribution in [3.8, 4) is 0 Å². The molecule has 0 spiro atoms. The van der Waals surface area contributed by atoms with E-state index in [2.05, 4.69) is 5.32 Å². The van der Waals surface area contributed by atoms with E-state index in [9.17, 15) is 13.2 Å². The first-order chi connectivity index (χ1) is 9.90. The van der Waals surface area contributed by atoms with Crippen molar-refractivity contribution in [2.24, 2.45) is 5.73 Å². The number of benzene rings is 1. The first-order valence-corrected chi connectivity index (χ1v) is 8.91. The molecule has 6 heteroatoms. The second-order valence-corrected chi connectivity index (χ2v) is 7.64. The monoisotopic (exact) mass is 312 g/mol. The number of nitrogens with two attached hydrogens (primary N) is 1. The fourth-order valence-corrected chi connectivity index (χ4v) is 3.38. The van der Waals surface area contributed by atoms with Crippen molar-refractivity contribution < 1.29 is 13.2 Å². The van der Waals surface area contributed by atoms with Crippen molar-refractivity contribution >= 4 is 21.4 Å². The zero-order chi connectivity index (χ0) is 15.9. The van der Waals surface area contributed by atoms with E-state index in [0.29, 0.717) is 25.1 Å². The molecular weight excluding hydrogens is 288 g/mol. The number of carbonyl (C=O) groups is 1. The van der Waals surface area contributed by atoms with Gasteiger partial charge in [-0.05, 0) is 31.4 Å². The van der Waals surface area contributed by atoms with Gasteiger partial charge in [0.1, 0.15) is 0 Å². The molecule has 118 valence electrons. The first kappa shape index (κ1) is 17.7. The molecule has 0 saturated carbocycles. The summed E-state index contributed by atoms with van der Waals surface area (Å²) in [6.45, 7) is 3.89. The number of amides is 1. The Balaban J connectivity index is 2.49. The van der Waals surface area contributed by atoms with Crippen LogP contribution in [-0.2, 0) is 21.2 Å².